The van der Waals surface area contributed by atoms with Crippen LogP contribution in [-0.4, -0.2) is 79.0 Å². The number of methoxy groups -OCH3 is 2. The van der Waals surface area contributed by atoms with Gasteiger partial charge >= 0.3 is 11.9 Å². The van der Waals surface area contributed by atoms with E-state index in [2.05, 4.69) is 111 Å². The highest BCUT2D eigenvalue weighted by molar-refractivity contribution is 5.86. The van der Waals surface area contributed by atoms with Gasteiger partial charge in [0, 0.05) is 26.7 Å². The highest BCUT2D eigenvalue weighted by Gasteiger charge is 2.64. The normalized spacial score (nSPS) is 19.2. The zero-order chi connectivity index (χ0) is 45.7. The fourth-order valence-electron chi connectivity index (χ4n) is 10.5. The number of esters is 2. The number of fused-ring (bicyclic) bond motifs is 4. The van der Waals surface area contributed by atoms with Crippen LogP contribution in [0.3, 0.4) is 0 Å². The lowest BCUT2D eigenvalue weighted by Gasteiger charge is -2.56. The van der Waals surface area contributed by atoms with Gasteiger partial charge in [0.05, 0.1) is 37.8 Å². The van der Waals surface area contributed by atoms with Gasteiger partial charge in [-0.25, -0.2) is 4.79 Å². The summed E-state index contributed by atoms with van der Waals surface area (Å²) in [6.07, 6.45) is 1.53. The van der Waals surface area contributed by atoms with E-state index >= 15 is 0 Å². The predicted molar refractivity (Wildman–Crippen MR) is 250 cm³/mol. The fraction of sp³-hybridized carbons (Fsp3) is 0.286. The number of carbonyl (C=O) groups excluding carboxylic acids is 2. The molecule has 3 atom stereocenters. The Morgan fingerprint density at radius 1 is 0.561 bits per heavy atom. The average Bonchev–Trinajstić information content (AvgIpc) is 3.66. The molecule has 0 N–H and O–H groups in total. The second kappa shape index (κ2) is 19.1. The molecule has 0 saturated heterocycles. The third-order valence-electron chi connectivity index (χ3n) is 13.3. The van der Waals surface area contributed by atoms with Crippen LogP contribution in [0.15, 0.2) is 152 Å². The van der Waals surface area contributed by atoms with Gasteiger partial charge in [0.2, 0.25) is 0 Å². The summed E-state index contributed by atoms with van der Waals surface area (Å²) in [6.45, 7) is 7.54. The average molecular weight is 887 g/mol. The second-order valence-corrected chi connectivity index (χ2v) is 16.7. The van der Waals surface area contributed by atoms with Crippen LogP contribution in [0, 0.1) is 12.8 Å². The Hall–Kier alpha value is -6.56. The van der Waals surface area contributed by atoms with Crippen LogP contribution in [0.2, 0.25) is 0 Å². The summed E-state index contributed by atoms with van der Waals surface area (Å²) in [5, 5.41) is 0. The summed E-state index contributed by atoms with van der Waals surface area (Å²) in [4.78, 5) is 25.2. The summed E-state index contributed by atoms with van der Waals surface area (Å²) < 4.78 is 47.2. The van der Waals surface area contributed by atoms with Crippen LogP contribution in [-0.2, 0) is 54.6 Å². The Labute approximate surface area is 386 Å². The molecule has 0 amide bonds. The maximum atomic E-state index is 14.0. The first-order valence-electron chi connectivity index (χ1n) is 22.4. The van der Waals surface area contributed by atoms with E-state index in [0.29, 0.717) is 38.6 Å². The minimum Gasteiger partial charge on any atom is -0.491 e. The lowest BCUT2D eigenvalue weighted by Crippen LogP contribution is -2.58. The monoisotopic (exact) mass is 886 g/mol. The van der Waals surface area contributed by atoms with Crippen molar-refractivity contribution in [2.24, 2.45) is 5.92 Å². The topological polar surface area (TPSA) is 108 Å². The van der Waals surface area contributed by atoms with Gasteiger partial charge in [-0.05, 0) is 86.8 Å². The van der Waals surface area contributed by atoms with Crippen molar-refractivity contribution in [2.75, 3.05) is 67.1 Å². The van der Waals surface area contributed by atoms with E-state index in [0.717, 1.165) is 50.8 Å². The van der Waals surface area contributed by atoms with Gasteiger partial charge < -0.3 is 37.9 Å². The molecule has 0 fully saturated rings. The highest BCUT2D eigenvalue weighted by atomic mass is 16.6. The third-order valence-corrected chi connectivity index (χ3v) is 13.3. The van der Waals surface area contributed by atoms with Crippen LogP contribution < -0.4 is 9.47 Å². The largest absolute Gasteiger partial charge is 0.491 e. The Kier molecular flexibility index (Phi) is 12.9. The minimum absolute atomic E-state index is 0.0926. The van der Waals surface area contributed by atoms with Crippen molar-refractivity contribution < 1.29 is 47.5 Å². The Morgan fingerprint density at radius 3 is 1.61 bits per heavy atom. The molecule has 0 saturated carbocycles. The van der Waals surface area contributed by atoms with E-state index < -0.39 is 28.5 Å². The molecule has 4 aliphatic rings. The van der Waals surface area contributed by atoms with E-state index in [1.54, 1.807) is 14.2 Å². The van der Waals surface area contributed by atoms with E-state index in [4.69, 9.17) is 37.9 Å². The molecule has 2 bridgehead atoms. The van der Waals surface area contributed by atoms with Gasteiger partial charge in [-0.1, -0.05) is 127 Å². The number of ether oxygens (including phenoxy) is 8. The molecule has 10 heteroatoms. The molecule has 10 rings (SSSR count). The molecule has 6 aromatic carbocycles. The summed E-state index contributed by atoms with van der Waals surface area (Å²) in [5.74, 6) is -0.00402. The maximum Gasteiger partial charge on any atom is 0.330 e. The number of aryl methyl sites for hydroxylation is 1. The molecular formula is C56H54O10. The number of benzene rings is 6. The summed E-state index contributed by atoms with van der Waals surface area (Å²) in [6, 6.07) is 48.1. The number of rotatable bonds is 20. The molecule has 0 spiro atoms. The molecule has 4 aliphatic carbocycles. The maximum absolute atomic E-state index is 14.0. The fourth-order valence-corrected chi connectivity index (χ4v) is 10.5. The van der Waals surface area contributed by atoms with E-state index in [1.807, 2.05) is 42.5 Å². The van der Waals surface area contributed by atoms with E-state index in [9.17, 15) is 9.59 Å². The number of hydrogen-bond donors (Lipinski definition) is 0. The first kappa shape index (κ1) is 44.6. The van der Waals surface area contributed by atoms with E-state index in [1.165, 1.54) is 22.3 Å². The molecule has 6 aromatic rings. The molecule has 0 radical (unpaired) electrons. The molecule has 0 aliphatic heterocycles. The lowest BCUT2D eigenvalue weighted by atomic mass is 9.54. The van der Waals surface area contributed by atoms with Gasteiger partial charge in [0.15, 0.2) is 0 Å². The smallest absolute Gasteiger partial charge is 0.330 e. The van der Waals surface area contributed by atoms with Gasteiger partial charge in [-0.2, -0.15) is 0 Å². The quantitative estimate of drug-likeness (QED) is 0.0418. The highest BCUT2D eigenvalue weighted by Crippen LogP contribution is 2.63. The SMILES string of the molecule is C=CC(=O)OCCOCCOc1ccc(C2(c3ccc(OCCOCCOC(=O)C4CC5(OC)c6ccccc6C4(OC)c4ccc(C)cc45)cc3)c3ccccc3-c3ccccc32)cc1. The molecule has 0 aromatic heterocycles. The van der Waals surface area contributed by atoms with Crippen LogP contribution in [0.1, 0.15) is 56.5 Å². The zero-order valence-corrected chi connectivity index (χ0v) is 37.6. The number of carbonyl (C=O) groups is 2. The van der Waals surface area contributed by atoms with Gasteiger partial charge in [0.1, 0.15) is 49.1 Å². The van der Waals surface area contributed by atoms with Crippen molar-refractivity contribution in [3.05, 3.63) is 202 Å². The molecule has 10 nitrogen and oxygen atoms in total. The third kappa shape index (κ3) is 7.67. The standard InChI is InChI=1S/C56H54O10/c1-5-52(57)65-34-30-61-28-32-63-41-23-19-39(20-24-41)55(45-14-8-6-12-43(45)44-13-7-9-15-46(44)55)40-21-25-42(26-22-40)64-33-29-62-31-35-66-53(58)51-37-54(59-3)47-16-10-11-17-48(47)56(51,60-4)49-27-18-38(2)36-50(49)54/h5-27,36,51H,1,28-35,37H2,2-4H3. The Bertz CT molecular complexity index is 2660. The second-order valence-electron chi connectivity index (χ2n) is 16.7. The lowest BCUT2D eigenvalue weighted by molar-refractivity contribution is -0.174. The molecule has 0 heterocycles. The van der Waals surface area contributed by atoms with Crippen LogP contribution in [0.25, 0.3) is 11.1 Å². The number of hydrogen-bond acceptors (Lipinski definition) is 10. The van der Waals surface area contributed by atoms with Crippen molar-refractivity contribution in [1.29, 1.82) is 0 Å². The first-order chi connectivity index (χ1) is 32.3. The molecule has 338 valence electrons. The predicted octanol–water partition coefficient (Wildman–Crippen LogP) is 9.23. The Morgan fingerprint density at radius 2 is 1.06 bits per heavy atom. The van der Waals surface area contributed by atoms with Crippen molar-refractivity contribution >= 4 is 11.9 Å². The van der Waals surface area contributed by atoms with Crippen molar-refractivity contribution in [1.82, 2.24) is 0 Å². The van der Waals surface area contributed by atoms with Crippen molar-refractivity contribution in [3.63, 3.8) is 0 Å². The molecule has 66 heavy (non-hydrogen) atoms. The van der Waals surface area contributed by atoms with Crippen molar-refractivity contribution in [3.8, 4) is 22.6 Å². The van der Waals surface area contributed by atoms with Gasteiger partial charge in [-0.3, -0.25) is 4.79 Å². The van der Waals surface area contributed by atoms with Crippen molar-refractivity contribution in [2.45, 2.75) is 30.0 Å². The Balaban J connectivity index is 0.827. The first-order valence-corrected chi connectivity index (χ1v) is 22.4. The van der Waals surface area contributed by atoms with Crippen LogP contribution >= 0.6 is 0 Å². The van der Waals surface area contributed by atoms with Crippen LogP contribution in [0.5, 0.6) is 11.5 Å². The van der Waals surface area contributed by atoms with Gasteiger partial charge in [-0.15, -0.1) is 0 Å². The summed E-state index contributed by atoms with van der Waals surface area (Å²) in [5.41, 5.74) is 9.62. The molecule has 3 unspecified atom stereocenters. The zero-order valence-electron chi connectivity index (χ0n) is 37.6. The summed E-state index contributed by atoms with van der Waals surface area (Å²) in [7, 11) is 3.38. The molecular weight excluding hydrogens is 833 g/mol. The van der Waals surface area contributed by atoms with Gasteiger partial charge in [0.25, 0.3) is 0 Å². The summed E-state index contributed by atoms with van der Waals surface area (Å²) >= 11 is 0. The van der Waals surface area contributed by atoms with E-state index in [-0.39, 0.29) is 32.4 Å². The van der Waals surface area contributed by atoms with Crippen LogP contribution in [0.4, 0.5) is 0 Å². The minimum atomic E-state index is -1.00.